The third-order valence-corrected chi connectivity index (χ3v) is 3.44. The molecule has 0 saturated carbocycles. The molecule has 0 bridgehead atoms. The molecule has 2 N–H and O–H groups in total. The van der Waals surface area contributed by atoms with Crippen LogP contribution in [0.5, 0.6) is 5.75 Å². The number of nitrogens with one attached hydrogen (secondary N) is 2. The van der Waals surface area contributed by atoms with Crippen molar-refractivity contribution in [3.63, 3.8) is 0 Å². The minimum absolute atomic E-state index is 0.00639. The van der Waals surface area contributed by atoms with Crippen molar-refractivity contribution in [3.8, 4) is 5.75 Å². The van der Waals surface area contributed by atoms with Crippen molar-refractivity contribution in [1.82, 2.24) is 5.32 Å². The lowest BCUT2D eigenvalue weighted by Gasteiger charge is -2.10. The zero-order valence-corrected chi connectivity index (χ0v) is 12.8. The number of hydrogen-bond acceptors (Lipinski definition) is 3. The van der Waals surface area contributed by atoms with Crippen LogP contribution in [0.3, 0.4) is 0 Å². The van der Waals surface area contributed by atoms with E-state index in [1.807, 2.05) is 6.92 Å². The van der Waals surface area contributed by atoms with Gasteiger partial charge in [0.1, 0.15) is 5.75 Å². The summed E-state index contributed by atoms with van der Waals surface area (Å²) in [5.74, 6) is 0.833. The van der Waals surface area contributed by atoms with Crippen molar-refractivity contribution in [2.24, 2.45) is 5.92 Å². The monoisotopic (exact) mass is 302 g/mol. The second-order valence-corrected chi connectivity index (χ2v) is 5.28. The Bertz CT molecular complexity index is 537. The first-order chi connectivity index (χ1) is 10.7. The summed E-state index contributed by atoms with van der Waals surface area (Å²) in [4.78, 5) is 23.2. The summed E-state index contributed by atoms with van der Waals surface area (Å²) in [5.41, 5.74) is 0.734. The van der Waals surface area contributed by atoms with E-state index < -0.39 is 0 Å². The molecule has 1 aromatic carbocycles. The number of carbonyl (C=O) groups excluding carboxylic acids is 2. The van der Waals surface area contributed by atoms with E-state index >= 15 is 0 Å². The fraction of sp³-hybridized carbons (Fsp3) is 0.412. The molecule has 5 nitrogen and oxygen atoms in total. The summed E-state index contributed by atoms with van der Waals surface area (Å²) in [6, 6.07) is 7.03. The molecule has 2 rings (SSSR count). The number of anilines is 1. The van der Waals surface area contributed by atoms with E-state index in [9.17, 15) is 9.59 Å². The predicted molar refractivity (Wildman–Crippen MR) is 85.7 cm³/mol. The van der Waals surface area contributed by atoms with Crippen molar-refractivity contribution in [3.05, 3.63) is 36.4 Å². The maximum atomic E-state index is 11.9. The number of carbonyl (C=O) groups is 2. The maximum absolute atomic E-state index is 11.9. The molecule has 5 heteroatoms. The lowest BCUT2D eigenvalue weighted by Crippen LogP contribution is -2.28. The molecule has 0 aromatic heterocycles. The normalized spacial score (nSPS) is 16.3. The molecule has 118 valence electrons. The van der Waals surface area contributed by atoms with E-state index in [1.54, 1.807) is 24.3 Å². The summed E-state index contributed by atoms with van der Waals surface area (Å²) in [5, 5.41) is 5.53. The molecule has 2 amide bonds. The first kappa shape index (κ1) is 16.1. The Kier molecular flexibility index (Phi) is 6.01. The third-order valence-electron chi connectivity index (χ3n) is 3.44. The molecular formula is C17H22N2O3. The van der Waals surface area contributed by atoms with Crippen molar-refractivity contribution < 1.29 is 14.3 Å². The zero-order chi connectivity index (χ0) is 15.8. The standard InChI is InChI=1S/C17H22N2O3/c1-2-18-17(21)12-22-15-9-7-14(8-10-15)19-16(20)11-13-5-3-4-6-13/h3,5,7-10,13H,2,4,6,11-12H2,1H3,(H,18,21)(H,19,20). The van der Waals surface area contributed by atoms with Gasteiger partial charge in [-0.1, -0.05) is 12.2 Å². The fourth-order valence-electron chi connectivity index (χ4n) is 2.35. The van der Waals surface area contributed by atoms with Crippen molar-refractivity contribution in [2.45, 2.75) is 26.2 Å². The van der Waals surface area contributed by atoms with E-state index in [4.69, 9.17) is 4.74 Å². The Morgan fingerprint density at radius 1 is 1.23 bits per heavy atom. The number of benzene rings is 1. The number of ether oxygens (including phenoxy) is 1. The highest BCUT2D eigenvalue weighted by atomic mass is 16.5. The van der Waals surface area contributed by atoms with Crippen LogP contribution in [-0.4, -0.2) is 25.0 Å². The second kappa shape index (κ2) is 8.22. The summed E-state index contributed by atoms with van der Waals surface area (Å²) >= 11 is 0. The zero-order valence-electron chi connectivity index (χ0n) is 12.8. The minimum Gasteiger partial charge on any atom is -0.484 e. The highest BCUT2D eigenvalue weighted by Gasteiger charge is 2.14. The molecule has 0 radical (unpaired) electrons. The second-order valence-electron chi connectivity index (χ2n) is 5.28. The Morgan fingerprint density at radius 3 is 2.64 bits per heavy atom. The topological polar surface area (TPSA) is 67.4 Å². The van der Waals surface area contributed by atoms with Crippen LogP contribution in [-0.2, 0) is 9.59 Å². The van der Waals surface area contributed by atoms with Gasteiger partial charge in [0.05, 0.1) is 0 Å². The molecule has 1 atom stereocenters. The van der Waals surface area contributed by atoms with Gasteiger partial charge < -0.3 is 15.4 Å². The van der Waals surface area contributed by atoms with Crippen LogP contribution in [0, 0.1) is 5.92 Å². The van der Waals surface area contributed by atoms with E-state index in [1.165, 1.54) is 0 Å². The van der Waals surface area contributed by atoms with Gasteiger partial charge in [-0.25, -0.2) is 0 Å². The lowest BCUT2D eigenvalue weighted by molar-refractivity contribution is -0.123. The molecule has 0 heterocycles. The van der Waals surface area contributed by atoms with E-state index in [0.29, 0.717) is 24.6 Å². The van der Waals surface area contributed by atoms with E-state index in [2.05, 4.69) is 22.8 Å². The number of likely N-dealkylation sites (N-methyl/N-ethyl adjacent to an activating group) is 1. The molecule has 0 saturated heterocycles. The molecule has 0 aliphatic heterocycles. The van der Waals surface area contributed by atoms with Crippen LogP contribution in [0.15, 0.2) is 36.4 Å². The average Bonchev–Trinajstić information content (AvgIpc) is 2.99. The first-order valence-corrected chi connectivity index (χ1v) is 7.63. The summed E-state index contributed by atoms with van der Waals surface area (Å²) in [7, 11) is 0. The first-order valence-electron chi connectivity index (χ1n) is 7.63. The average molecular weight is 302 g/mol. The van der Waals surface area contributed by atoms with Crippen LogP contribution >= 0.6 is 0 Å². The number of amides is 2. The SMILES string of the molecule is CCNC(=O)COc1ccc(NC(=O)CC2C=CCC2)cc1. The van der Waals surface area contributed by atoms with Gasteiger partial charge in [-0.2, -0.15) is 0 Å². The van der Waals surface area contributed by atoms with Crippen LogP contribution in [0.2, 0.25) is 0 Å². The Labute approximate surface area is 130 Å². The highest BCUT2D eigenvalue weighted by molar-refractivity contribution is 5.91. The molecule has 0 fully saturated rings. The maximum Gasteiger partial charge on any atom is 0.257 e. The van der Waals surface area contributed by atoms with Crippen LogP contribution in [0.1, 0.15) is 26.2 Å². The van der Waals surface area contributed by atoms with Gasteiger partial charge in [0, 0.05) is 18.7 Å². The van der Waals surface area contributed by atoms with Gasteiger partial charge in [0.2, 0.25) is 5.91 Å². The Hall–Kier alpha value is -2.30. The van der Waals surface area contributed by atoms with Gasteiger partial charge in [-0.15, -0.1) is 0 Å². The molecule has 1 aliphatic carbocycles. The fourth-order valence-corrected chi connectivity index (χ4v) is 2.35. The third kappa shape index (κ3) is 5.24. The van der Waals surface area contributed by atoms with Gasteiger partial charge in [-0.05, 0) is 49.9 Å². The number of rotatable bonds is 7. The summed E-state index contributed by atoms with van der Waals surface area (Å²) in [6.07, 6.45) is 6.87. The quantitative estimate of drug-likeness (QED) is 0.760. The van der Waals surface area contributed by atoms with E-state index in [-0.39, 0.29) is 18.4 Å². The number of hydrogen-bond donors (Lipinski definition) is 2. The van der Waals surface area contributed by atoms with Gasteiger partial charge in [-0.3, -0.25) is 9.59 Å². The van der Waals surface area contributed by atoms with Crippen molar-refractivity contribution >= 4 is 17.5 Å². The van der Waals surface area contributed by atoms with Gasteiger partial charge >= 0.3 is 0 Å². The Balaban J connectivity index is 1.77. The smallest absolute Gasteiger partial charge is 0.257 e. The molecule has 22 heavy (non-hydrogen) atoms. The van der Waals surface area contributed by atoms with Crippen molar-refractivity contribution in [1.29, 1.82) is 0 Å². The van der Waals surface area contributed by atoms with Crippen molar-refractivity contribution in [2.75, 3.05) is 18.5 Å². The number of allylic oxidation sites excluding steroid dienone is 2. The molecule has 0 spiro atoms. The van der Waals surface area contributed by atoms with Gasteiger partial charge in [0.15, 0.2) is 6.61 Å². The molecular weight excluding hydrogens is 280 g/mol. The Morgan fingerprint density at radius 2 is 2.00 bits per heavy atom. The largest absolute Gasteiger partial charge is 0.484 e. The van der Waals surface area contributed by atoms with Crippen LogP contribution in [0.4, 0.5) is 5.69 Å². The van der Waals surface area contributed by atoms with Crippen LogP contribution in [0.25, 0.3) is 0 Å². The minimum atomic E-state index is -0.149. The lowest BCUT2D eigenvalue weighted by atomic mass is 10.1. The van der Waals surface area contributed by atoms with E-state index in [0.717, 1.165) is 18.5 Å². The summed E-state index contributed by atoms with van der Waals surface area (Å²) < 4.78 is 5.35. The molecule has 1 aliphatic rings. The highest BCUT2D eigenvalue weighted by Crippen LogP contribution is 2.21. The van der Waals surface area contributed by atoms with Gasteiger partial charge in [0.25, 0.3) is 5.91 Å². The summed E-state index contributed by atoms with van der Waals surface area (Å²) in [6.45, 7) is 2.44. The van der Waals surface area contributed by atoms with Crippen LogP contribution < -0.4 is 15.4 Å². The molecule has 1 aromatic rings. The molecule has 1 unspecified atom stereocenters. The predicted octanol–water partition coefficient (Wildman–Crippen LogP) is 2.50.